The highest BCUT2D eigenvalue weighted by Gasteiger charge is 2.30. The molecule has 0 unspecified atom stereocenters. The predicted molar refractivity (Wildman–Crippen MR) is 185 cm³/mol. The molecule has 50 heavy (non-hydrogen) atoms. The van der Waals surface area contributed by atoms with Gasteiger partial charge in [-0.1, -0.05) is 19.1 Å². The van der Waals surface area contributed by atoms with E-state index < -0.39 is 17.6 Å². The summed E-state index contributed by atoms with van der Waals surface area (Å²) in [6.45, 7) is 6.46. The van der Waals surface area contributed by atoms with Crippen LogP contribution in [0.1, 0.15) is 45.3 Å². The van der Waals surface area contributed by atoms with Gasteiger partial charge in [0.2, 0.25) is 5.88 Å². The molecule has 1 aliphatic heterocycles. The quantitative estimate of drug-likeness (QED) is 0.152. The summed E-state index contributed by atoms with van der Waals surface area (Å²) in [5.41, 5.74) is 2.43. The number of nitrogens with zero attached hydrogens (tertiary/aromatic N) is 5. The summed E-state index contributed by atoms with van der Waals surface area (Å²) in [6, 6.07) is 22.9. The van der Waals surface area contributed by atoms with Crippen LogP contribution in [0.15, 0.2) is 91.1 Å². The second-order valence-corrected chi connectivity index (χ2v) is 12.3. The Balaban J connectivity index is 1.05. The molecule has 3 aromatic carbocycles. The molecule has 260 valence electrons. The van der Waals surface area contributed by atoms with Crippen LogP contribution >= 0.6 is 0 Å². The van der Waals surface area contributed by atoms with Crippen molar-refractivity contribution in [2.75, 3.05) is 44.7 Å². The number of aromatic nitrogens is 2. The molecular weight excluding hydrogens is 647 g/mol. The lowest BCUT2D eigenvalue weighted by Crippen LogP contribution is -2.48. The molecule has 1 fully saturated rings. The molecule has 0 aliphatic carbocycles. The molecule has 3 heterocycles. The van der Waals surface area contributed by atoms with E-state index in [2.05, 4.69) is 28.9 Å². The van der Waals surface area contributed by atoms with E-state index >= 15 is 0 Å². The van der Waals surface area contributed by atoms with Gasteiger partial charge in [0.05, 0.1) is 24.1 Å². The standard InChI is InChI=1S/C38H38F3N5O4/c1-4-21-49-31-12-5-26(6-13-31)25-45-17-19-46(20-18-45)37(48)34-23-28-22-32(14-15-33(28)44(34)3)50-35-16-11-30(24-42-35)43(2)36(47)27-7-9-29(10-8-27)38(39,40)41/h5-16,22-24H,4,17-21,25H2,1-3H3. The highest BCUT2D eigenvalue weighted by atomic mass is 19.4. The Morgan fingerprint density at radius 3 is 2.22 bits per heavy atom. The number of pyridine rings is 1. The van der Waals surface area contributed by atoms with Crippen LogP contribution in [0.25, 0.3) is 10.9 Å². The van der Waals surface area contributed by atoms with E-state index in [0.29, 0.717) is 36.8 Å². The first kappa shape index (κ1) is 34.5. The van der Waals surface area contributed by atoms with E-state index in [9.17, 15) is 22.8 Å². The number of halogens is 3. The Morgan fingerprint density at radius 1 is 0.880 bits per heavy atom. The highest BCUT2D eigenvalue weighted by molar-refractivity contribution is 6.05. The van der Waals surface area contributed by atoms with Gasteiger partial charge in [0.15, 0.2) is 0 Å². The van der Waals surface area contributed by atoms with Crippen molar-refractivity contribution in [3.63, 3.8) is 0 Å². The molecule has 0 N–H and O–H groups in total. The molecule has 1 saturated heterocycles. The number of amides is 2. The van der Waals surface area contributed by atoms with Crippen LogP contribution in [0.5, 0.6) is 17.4 Å². The fourth-order valence-electron chi connectivity index (χ4n) is 5.90. The van der Waals surface area contributed by atoms with Gasteiger partial charge < -0.3 is 23.8 Å². The number of aryl methyl sites for hydroxylation is 1. The number of alkyl halides is 3. The molecule has 6 rings (SSSR count). The highest BCUT2D eigenvalue weighted by Crippen LogP contribution is 2.31. The summed E-state index contributed by atoms with van der Waals surface area (Å²) in [7, 11) is 3.40. The maximum atomic E-state index is 13.6. The number of benzene rings is 3. The van der Waals surface area contributed by atoms with E-state index in [1.165, 1.54) is 23.7 Å². The summed E-state index contributed by atoms with van der Waals surface area (Å²) < 4.78 is 52.2. The molecule has 2 amide bonds. The fourth-order valence-corrected chi connectivity index (χ4v) is 5.90. The molecule has 9 nitrogen and oxygen atoms in total. The molecule has 0 bridgehead atoms. The minimum absolute atomic E-state index is 0.0181. The van der Waals surface area contributed by atoms with Gasteiger partial charge in [0, 0.05) is 69.4 Å². The summed E-state index contributed by atoms with van der Waals surface area (Å²) in [4.78, 5) is 36.3. The number of fused-ring (bicyclic) bond motifs is 1. The Bertz CT molecular complexity index is 1950. The Hall–Kier alpha value is -5.36. The van der Waals surface area contributed by atoms with Crippen molar-refractivity contribution in [2.45, 2.75) is 26.1 Å². The van der Waals surface area contributed by atoms with Gasteiger partial charge in [-0.3, -0.25) is 14.5 Å². The topological polar surface area (TPSA) is 80.1 Å². The Labute approximate surface area is 288 Å². The van der Waals surface area contributed by atoms with Crippen molar-refractivity contribution in [2.24, 2.45) is 7.05 Å². The number of ether oxygens (including phenoxy) is 2. The lowest BCUT2D eigenvalue weighted by atomic mass is 10.1. The van der Waals surface area contributed by atoms with Crippen LogP contribution in [0.3, 0.4) is 0 Å². The van der Waals surface area contributed by atoms with Crippen LogP contribution < -0.4 is 14.4 Å². The van der Waals surface area contributed by atoms with Crippen LogP contribution in [0.4, 0.5) is 18.9 Å². The summed E-state index contributed by atoms with van der Waals surface area (Å²) in [5, 5.41) is 0.844. The van der Waals surface area contributed by atoms with Crippen LogP contribution in [-0.4, -0.2) is 71.0 Å². The lowest BCUT2D eigenvalue weighted by Gasteiger charge is -2.34. The van der Waals surface area contributed by atoms with Gasteiger partial charge in [-0.2, -0.15) is 13.2 Å². The summed E-state index contributed by atoms with van der Waals surface area (Å²) in [5.74, 6) is 1.20. The minimum Gasteiger partial charge on any atom is -0.494 e. The van der Waals surface area contributed by atoms with Crippen molar-refractivity contribution in [3.8, 4) is 17.4 Å². The Kier molecular flexibility index (Phi) is 10.1. The zero-order chi connectivity index (χ0) is 35.4. The summed E-state index contributed by atoms with van der Waals surface area (Å²) in [6.07, 6.45) is -2.05. The molecule has 5 aromatic rings. The molecular formula is C38H38F3N5O4. The van der Waals surface area contributed by atoms with Gasteiger partial charge >= 0.3 is 6.18 Å². The van der Waals surface area contributed by atoms with Crippen molar-refractivity contribution >= 4 is 28.4 Å². The van der Waals surface area contributed by atoms with Gasteiger partial charge in [-0.25, -0.2) is 4.98 Å². The number of hydrogen-bond acceptors (Lipinski definition) is 6. The maximum absolute atomic E-state index is 13.6. The number of anilines is 1. The van der Waals surface area contributed by atoms with Crippen molar-refractivity contribution in [1.29, 1.82) is 0 Å². The molecule has 0 radical (unpaired) electrons. The third kappa shape index (κ3) is 7.76. The summed E-state index contributed by atoms with van der Waals surface area (Å²) >= 11 is 0. The smallest absolute Gasteiger partial charge is 0.416 e. The molecule has 2 aromatic heterocycles. The molecule has 1 aliphatic rings. The van der Waals surface area contributed by atoms with E-state index in [4.69, 9.17) is 9.47 Å². The zero-order valence-corrected chi connectivity index (χ0v) is 28.1. The lowest BCUT2D eigenvalue weighted by molar-refractivity contribution is -0.137. The normalized spacial score (nSPS) is 13.8. The number of rotatable bonds is 10. The SMILES string of the molecule is CCCOc1ccc(CN2CCN(C(=O)c3cc4cc(Oc5ccc(N(C)C(=O)c6ccc(C(F)(F)F)cc6)cn5)ccc4n3C)CC2)cc1. The largest absolute Gasteiger partial charge is 0.494 e. The first-order chi connectivity index (χ1) is 24.0. The van der Waals surface area contributed by atoms with Crippen molar-refractivity contribution in [1.82, 2.24) is 19.4 Å². The number of piperazine rings is 1. The third-order valence-electron chi connectivity index (χ3n) is 8.79. The zero-order valence-electron chi connectivity index (χ0n) is 28.1. The van der Waals surface area contributed by atoms with Crippen molar-refractivity contribution in [3.05, 3.63) is 114 Å². The fraction of sp³-hybridized carbons (Fsp3) is 0.289. The van der Waals surface area contributed by atoms with E-state index in [-0.39, 0.29) is 17.4 Å². The molecule has 0 atom stereocenters. The first-order valence-electron chi connectivity index (χ1n) is 16.4. The maximum Gasteiger partial charge on any atom is 0.416 e. The second-order valence-electron chi connectivity index (χ2n) is 12.3. The first-order valence-corrected chi connectivity index (χ1v) is 16.4. The number of carbonyl (C=O) groups excluding carboxylic acids is 2. The van der Waals surface area contributed by atoms with Gasteiger partial charge in [0.25, 0.3) is 11.8 Å². The number of carbonyl (C=O) groups is 2. The monoisotopic (exact) mass is 685 g/mol. The van der Waals surface area contributed by atoms with E-state index in [1.54, 1.807) is 18.2 Å². The second kappa shape index (κ2) is 14.6. The molecule has 12 heteroatoms. The Morgan fingerprint density at radius 2 is 1.58 bits per heavy atom. The molecule has 0 saturated carbocycles. The van der Waals surface area contributed by atoms with Gasteiger partial charge in [-0.15, -0.1) is 0 Å². The average Bonchev–Trinajstić information content (AvgIpc) is 3.45. The van der Waals surface area contributed by atoms with Crippen LogP contribution in [-0.2, 0) is 19.8 Å². The van der Waals surface area contributed by atoms with E-state index in [0.717, 1.165) is 67.0 Å². The van der Waals surface area contributed by atoms with Gasteiger partial charge in [-0.05, 0) is 78.7 Å². The van der Waals surface area contributed by atoms with Gasteiger partial charge in [0.1, 0.15) is 17.2 Å². The minimum atomic E-state index is -4.48. The number of hydrogen-bond donors (Lipinski definition) is 0. The van der Waals surface area contributed by atoms with E-state index in [1.807, 2.05) is 46.8 Å². The van der Waals surface area contributed by atoms with Crippen molar-refractivity contribution < 1.29 is 32.2 Å². The van der Waals surface area contributed by atoms with Crippen LogP contribution in [0, 0.1) is 0 Å². The van der Waals surface area contributed by atoms with Crippen LogP contribution in [0.2, 0.25) is 0 Å². The molecule has 0 spiro atoms. The third-order valence-corrected chi connectivity index (χ3v) is 8.79. The predicted octanol–water partition coefficient (Wildman–Crippen LogP) is 7.41. The average molecular weight is 686 g/mol.